The van der Waals surface area contributed by atoms with Crippen LogP contribution in [0.25, 0.3) is 5.69 Å². The number of amides is 1. The van der Waals surface area contributed by atoms with E-state index in [1.165, 1.54) is 0 Å². The molecule has 0 aliphatic rings. The van der Waals surface area contributed by atoms with Gasteiger partial charge < -0.3 is 15.0 Å². The predicted molar refractivity (Wildman–Crippen MR) is 87.2 cm³/mol. The van der Waals surface area contributed by atoms with Gasteiger partial charge >= 0.3 is 0 Å². The third kappa shape index (κ3) is 3.97. The fourth-order valence-corrected chi connectivity index (χ4v) is 2.35. The first-order chi connectivity index (χ1) is 11.2. The van der Waals surface area contributed by atoms with E-state index in [4.69, 9.17) is 0 Å². The van der Waals surface area contributed by atoms with E-state index in [0.29, 0.717) is 6.54 Å². The van der Waals surface area contributed by atoms with Crippen molar-refractivity contribution in [3.8, 4) is 11.4 Å². The first kappa shape index (κ1) is 14.8. The number of benzene rings is 2. The Morgan fingerprint density at radius 2 is 1.96 bits per heavy atom. The topological polar surface area (TPSA) is 67.2 Å². The number of phenols is 1. The average molecular weight is 307 g/mol. The molecule has 23 heavy (non-hydrogen) atoms. The van der Waals surface area contributed by atoms with Crippen molar-refractivity contribution in [2.75, 3.05) is 0 Å². The molecule has 3 aromatic rings. The highest BCUT2D eigenvalue weighted by molar-refractivity contribution is 5.78. The highest BCUT2D eigenvalue weighted by atomic mass is 16.3. The molecule has 1 amide bonds. The van der Waals surface area contributed by atoms with E-state index in [1.807, 2.05) is 41.1 Å². The van der Waals surface area contributed by atoms with Gasteiger partial charge in [0.15, 0.2) is 0 Å². The lowest BCUT2D eigenvalue weighted by Gasteiger charge is -2.08. The third-order valence-electron chi connectivity index (χ3n) is 3.48. The number of rotatable bonds is 5. The summed E-state index contributed by atoms with van der Waals surface area (Å²) in [6.07, 6.45) is 5.58. The molecule has 0 radical (unpaired) electrons. The highest BCUT2D eigenvalue weighted by Gasteiger charge is 2.05. The Kier molecular flexibility index (Phi) is 4.38. The molecule has 5 nitrogen and oxygen atoms in total. The van der Waals surface area contributed by atoms with Gasteiger partial charge in [-0.1, -0.05) is 24.3 Å². The second-order valence-corrected chi connectivity index (χ2v) is 5.26. The van der Waals surface area contributed by atoms with Crippen molar-refractivity contribution in [3.63, 3.8) is 0 Å². The summed E-state index contributed by atoms with van der Waals surface area (Å²) in [5, 5.41) is 12.3. The fourth-order valence-electron chi connectivity index (χ4n) is 2.35. The monoisotopic (exact) mass is 307 g/mol. The Morgan fingerprint density at radius 1 is 1.13 bits per heavy atom. The lowest BCUT2D eigenvalue weighted by atomic mass is 10.1. The molecule has 3 rings (SSSR count). The molecule has 0 aliphatic heterocycles. The summed E-state index contributed by atoms with van der Waals surface area (Å²) in [6.45, 7) is 0.459. The van der Waals surface area contributed by atoms with Crippen LogP contribution in [0.5, 0.6) is 5.75 Å². The van der Waals surface area contributed by atoms with Crippen molar-refractivity contribution < 1.29 is 9.90 Å². The Morgan fingerprint density at radius 3 is 2.74 bits per heavy atom. The number of phenolic OH excluding ortho intramolecular Hbond substituents is 1. The SMILES string of the molecule is O=C(Cc1cccc(O)c1)NCc1cccc(-n2ccnc2)c1. The zero-order valence-electron chi connectivity index (χ0n) is 12.5. The van der Waals surface area contributed by atoms with Gasteiger partial charge in [0.25, 0.3) is 0 Å². The summed E-state index contributed by atoms with van der Waals surface area (Å²) >= 11 is 0. The number of aromatic nitrogens is 2. The molecule has 2 aromatic carbocycles. The summed E-state index contributed by atoms with van der Waals surface area (Å²) in [6, 6.07) is 14.6. The Bertz CT molecular complexity index is 798. The van der Waals surface area contributed by atoms with Crippen LogP contribution < -0.4 is 5.32 Å². The van der Waals surface area contributed by atoms with E-state index in [-0.39, 0.29) is 18.1 Å². The molecule has 0 fully saturated rings. The maximum absolute atomic E-state index is 12.0. The van der Waals surface area contributed by atoms with Gasteiger partial charge in [-0.05, 0) is 35.4 Å². The minimum atomic E-state index is -0.0800. The van der Waals surface area contributed by atoms with E-state index in [1.54, 1.807) is 30.7 Å². The van der Waals surface area contributed by atoms with Gasteiger partial charge in [0.2, 0.25) is 5.91 Å². The highest BCUT2D eigenvalue weighted by Crippen LogP contribution is 2.12. The molecule has 116 valence electrons. The molecule has 0 saturated carbocycles. The van der Waals surface area contributed by atoms with Gasteiger partial charge in [0.05, 0.1) is 12.7 Å². The molecule has 0 atom stereocenters. The minimum absolute atomic E-state index is 0.0800. The smallest absolute Gasteiger partial charge is 0.224 e. The van der Waals surface area contributed by atoms with E-state index in [0.717, 1.165) is 16.8 Å². The van der Waals surface area contributed by atoms with Crippen LogP contribution in [0.2, 0.25) is 0 Å². The van der Waals surface area contributed by atoms with Gasteiger partial charge in [0, 0.05) is 24.6 Å². The number of imidazole rings is 1. The van der Waals surface area contributed by atoms with Crippen molar-refractivity contribution in [2.45, 2.75) is 13.0 Å². The molecule has 1 heterocycles. The summed E-state index contributed by atoms with van der Waals surface area (Å²) < 4.78 is 1.91. The second-order valence-electron chi connectivity index (χ2n) is 5.26. The summed E-state index contributed by atoms with van der Waals surface area (Å²) in [5.74, 6) is 0.0898. The van der Waals surface area contributed by atoms with Crippen LogP contribution in [-0.4, -0.2) is 20.6 Å². The van der Waals surface area contributed by atoms with E-state index in [2.05, 4.69) is 10.3 Å². The van der Waals surface area contributed by atoms with Crippen LogP contribution in [-0.2, 0) is 17.8 Å². The molecule has 0 bridgehead atoms. The number of nitrogens with one attached hydrogen (secondary N) is 1. The van der Waals surface area contributed by atoms with E-state index < -0.39 is 0 Å². The first-order valence-electron chi connectivity index (χ1n) is 7.32. The molecule has 2 N–H and O–H groups in total. The Labute approximate surface area is 134 Å². The van der Waals surface area contributed by atoms with Crippen LogP contribution in [0, 0.1) is 0 Å². The largest absolute Gasteiger partial charge is 0.508 e. The van der Waals surface area contributed by atoms with Gasteiger partial charge in [-0.15, -0.1) is 0 Å². The van der Waals surface area contributed by atoms with Crippen molar-refractivity contribution >= 4 is 5.91 Å². The van der Waals surface area contributed by atoms with Crippen LogP contribution >= 0.6 is 0 Å². The number of carbonyl (C=O) groups is 1. The number of nitrogens with zero attached hydrogens (tertiary/aromatic N) is 2. The minimum Gasteiger partial charge on any atom is -0.508 e. The average Bonchev–Trinajstić information content (AvgIpc) is 3.08. The van der Waals surface area contributed by atoms with Gasteiger partial charge in [0.1, 0.15) is 5.75 Å². The van der Waals surface area contributed by atoms with Crippen LogP contribution in [0.15, 0.2) is 67.3 Å². The quantitative estimate of drug-likeness (QED) is 0.761. The lowest BCUT2D eigenvalue weighted by Crippen LogP contribution is -2.24. The zero-order valence-corrected chi connectivity index (χ0v) is 12.5. The fraction of sp³-hybridized carbons (Fsp3) is 0.111. The summed E-state index contributed by atoms with van der Waals surface area (Å²) in [7, 11) is 0. The van der Waals surface area contributed by atoms with Gasteiger partial charge in [-0.2, -0.15) is 0 Å². The van der Waals surface area contributed by atoms with E-state index >= 15 is 0 Å². The second kappa shape index (κ2) is 6.79. The normalized spacial score (nSPS) is 10.4. The molecule has 0 saturated heterocycles. The van der Waals surface area contributed by atoms with Gasteiger partial charge in [-0.25, -0.2) is 4.98 Å². The van der Waals surface area contributed by atoms with Crippen molar-refractivity contribution in [1.82, 2.24) is 14.9 Å². The molecular weight excluding hydrogens is 290 g/mol. The Hall–Kier alpha value is -3.08. The molecule has 0 spiro atoms. The summed E-state index contributed by atoms with van der Waals surface area (Å²) in [5.41, 5.74) is 2.80. The molecular formula is C18H17N3O2. The number of hydrogen-bond donors (Lipinski definition) is 2. The van der Waals surface area contributed by atoms with Crippen molar-refractivity contribution in [1.29, 1.82) is 0 Å². The molecule has 5 heteroatoms. The van der Waals surface area contributed by atoms with E-state index in [9.17, 15) is 9.90 Å². The standard InChI is InChI=1S/C18H17N3O2/c22-17-6-2-3-14(10-17)11-18(23)20-12-15-4-1-5-16(9-15)21-8-7-19-13-21/h1-10,13,22H,11-12H2,(H,20,23). The van der Waals surface area contributed by atoms with Crippen molar-refractivity contribution in [2.24, 2.45) is 0 Å². The number of carbonyl (C=O) groups excluding carboxylic acids is 1. The van der Waals surface area contributed by atoms with Crippen LogP contribution in [0.3, 0.4) is 0 Å². The predicted octanol–water partition coefficient (Wildman–Crippen LogP) is 2.44. The summed E-state index contributed by atoms with van der Waals surface area (Å²) in [4.78, 5) is 16.0. The maximum atomic E-state index is 12.0. The number of aromatic hydroxyl groups is 1. The van der Waals surface area contributed by atoms with Crippen LogP contribution in [0.1, 0.15) is 11.1 Å². The number of hydrogen-bond acceptors (Lipinski definition) is 3. The molecule has 0 unspecified atom stereocenters. The third-order valence-corrected chi connectivity index (χ3v) is 3.48. The zero-order chi connectivity index (χ0) is 16.1. The van der Waals surface area contributed by atoms with Crippen molar-refractivity contribution in [3.05, 3.63) is 78.4 Å². The molecule has 1 aromatic heterocycles. The van der Waals surface area contributed by atoms with Gasteiger partial charge in [-0.3, -0.25) is 4.79 Å². The Balaban J connectivity index is 1.60. The molecule has 0 aliphatic carbocycles. The lowest BCUT2D eigenvalue weighted by molar-refractivity contribution is -0.120. The first-order valence-corrected chi connectivity index (χ1v) is 7.32. The van der Waals surface area contributed by atoms with Crippen LogP contribution in [0.4, 0.5) is 0 Å². The maximum Gasteiger partial charge on any atom is 0.224 e.